The van der Waals surface area contributed by atoms with Gasteiger partial charge in [-0.25, -0.2) is 8.78 Å². The summed E-state index contributed by atoms with van der Waals surface area (Å²) >= 11 is 0. The molecule has 1 aliphatic rings. The molecule has 1 nitrogen and oxygen atoms in total. The number of halogens is 2. The fraction of sp³-hybridized carbons (Fsp3) is 0.400. The number of rotatable bonds is 0. The van der Waals surface area contributed by atoms with Crippen LogP contribution in [0.25, 0.3) is 0 Å². The number of phenols is 1. The zero-order chi connectivity index (χ0) is 9.47. The summed E-state index contributed by atoms with van der Waals surface area (Å²) < 4.78 is 26.5. The minimum absolute atomic E-state index is 0.00116. The molecule has 0 aromatic heterocycles. The lowest BCUT2D eigenvalue weighted by molar-refractivity contribution is -0.0218. The molecule has 2 rings (SSSR count). The number of hydrogen-bond donors (Lipinski definition) is 1. The summed E-state index contributed by atoms with van der Waals surface area (Å²) in [6.45, 7) is 0. The van der Waals surface area contributed by atoms with E-state index in [0.717, 1.165) is 0 Å². The summed E-state index contributed by atoms with van der Waals surface area (Å²) in [7, 11) is 0. The first-order valence-electron chi connectivity index (χ1n) is 4.30. The SMILES string of the molecule is Oc1ccc2c(c1)C(F)(F)CCC2. The van der Waals surface area contributed by atoms with Crippen LogP contribution in [-0.2, 0) is 12.3 Å². The van der Waals surface area contributed by atoms with Crippen molar-refractivity contribution in [1.82, 2.24) is 0 Å². The van der Waals surface area contributed by atoms with E-state index in [-0.39, 0.29) is 17.7 Å². The molecule has 1 aliphatic carbocycles. The van der Waals surface area contributed by atoms with Crippen molar-refractivity contribution in [2.45, 2.75) is 25.2 Å². The fourth-order valence-corrected chi connectivity index (χ4v) is 1.76. The van der Waals surface area contributed by atoms with Gasteiger partial charge in [0.1, 0.15) is 5.75 Å². The maximum Gasteiger partial charge on any atom is 0.273 e. The van der Waals surface area contributed by atoms with Crippen molar-refractivity contribution < 1.29 is 13.9 Å². The number of hydrogen-bond acceptors (Lipinski definition) is 1. The van der Waals surface area contributed by atoms with Gasteiger partial charge in [0, 0.05) is 12.0 Å². The molecule has 0 aliphatic heterocycles. The van der Waals surface area contributed by atoms with E-state index < -0.39 is 5.92 Å². The van der Waals surface area contributed by atoms with E-state index >= 15 is 0 Å². The number of aromatic hydroxyl groups is 1. The monoisotopic (exact) mass is 184 g/mol. The van der Waals surface area contributed by atoms with E-state index in [0.29, 0.717) is 18.4 Å². The van der Waals surface area contributed by atoms with Crippen LogP contribution in [0.4, 0.5) is 8.78 Å². The van der Waals surface area contributed by atoms with E-state index in [4.69, 9.17) is 5.11 Å². The lowest BCUT2D eigenvalue weighted by atomic mass is 9.88. The van der Waals surface area contributed by atoms with Gasteiger partial charge in [0.25, 0.3) is 5.92 Å². The molecule has 1 aromatic rings. The predicted octanol–water partition coefficient (Wildman–Crippen LogP) is 2.82. The highest BCUT2D eigenvalue weighted by Gasteiger charge is 2.36. The Labute approximate surface area is 75.0 Å². The highest BCUT2D eigenvalue weighted by Crippen LogP contribution is 2.41. The van der Waals surface area contributed by atoms with Crippen LogP contribution in [0.5, 0.6) is 5.75 Å². The summed E-state index contributed by atoms with van der Waals surface area (Å²) in [5.41, 5.74) is 0.660. The minimum Gasteiger partial charge on any atom is -0.508 e. The molecule has 0 amide bonds. The van der Waals surface area contributed by atoms with Crippen molar-refractivity contribution in [2.75, 3.05) is 0 Å². The van der Waals surface area contributed by atoms with Gasteiger partial charge in [-0.2, -0.15) is 0 Å². The number of aryl methyl sites for hydroxylation is 1. The molecule has 1 aromatic carbocycles. The molecule has 0 heterocycles. The van der Waals surface area contributed by atoms with Crippen molar-refractivity contribution in [1.29, 1.82) is 0 Å². The molecule has 70 valence electrons. The molecule has 13 heavy (non-hydrogen) atoms. The molecule has 0 fully saturated rings. The van der Waals surface area contributed by atoms with Gasteiger partial charge in [-0.3, -0.25) is 0 Å². The normalized spacial score (nSPS) is 19.5. The molecule has 0 radical (unpaired) electrons. The average molecular weight is 184 g/mol. The highest BCUT2D eigenvalue weighted by molar-refractivity contribution is 5.39. The molecule has 1 N–H and O–H groups in total. The smallest absolute Gasteiger partial charge is 0.273 e. The Balaban J connectivity index is 2.55. The molecule has 0 saturated carbocycles. The first-order valence-corrected chi connectivity index (χ1v) is 4.30. The van der Waals surface area contributed by atoms with Crippen molar-refractivity contribution >= 4 is 0 Å². The van der Waals surface area contributed by atoms with Crippen LogP contribution in [0, 0.1) is 0 Å². The number of alkyl halides is 2. The summed E-state index contributed by atoms with van der Waals surface area (Å²) in [5.74, 6) is -2.84. The van der Waals surface area contributed by atoms with Crippen LogP contribution in [0.1, 0.15) is 24.0 Å². The maximum atomic E-state index is 13.3. The Morgan fingerprint density at radius 2 is 2.08 bits per heavy atom. The van der Waals surface area contributed by atoms with Crippen LogP contribution in [0.3, 0.4) is 0 Å². The second-order valence-electron chi connectivity index (χ2n) is 3.40. The number of fused-ring (bicyclic) bond motifs is 1. The lowest BCUT2D eigenvalue weighted by Gasteiger charge is -2.24. The second-order valence-corrected chi connectivity index (χ2v) is 3.40. The molecular formula is C10H10F2O. The zero-order valence-electron chi connectivity index (χ0n) is 7.06. The molecule has 0 saturated heterocycles. The maximum absolute atomic E-state index is 13.3. The third kappa shape index (κ3) is 1.39. The van der Waals surface area contributed by atoms with Crippen LogP contribution in [-0.4, -0.2) is 5.11 Å². The third-order valence-corrected chi connectivity index (χ3v) is 2.42. The van der Waals surface area contributed by atoms with Gasteiger partial charge in [0.05, 0.1) is 0 Å². The van der Waals surface area contributed by atoms with Crippen molar-refractivity contribution in [2.24, 2.45) is 0 Å². The van der Waals surface area contributed by atoms with Gasteiger partial charge in [0.2, 0.25) is 0 Å². The first-order chi connectivity index (χ1) is 6.09. The van der Waals surface area contributed by atoms with Crippen LogP contribution in [0.2, 0.25) is 0 Å². The standard InChI is InChI=1S/C10H10F2O/c11-10(12)5-1-2-7-3-4-8(13)6-9(7)10/h3-4,6,13H,1-2,5H2. The van der Waals surface area contributed by atoms with Crippen molar-refractivity contribution in [3.63, 3.8) is 0 Å². The zero-order valence-corrected chi connectivity index (χ0v) is 7.06. The largest absolute Gasteiger partial charge is 0.508 e. The quantitative estimate of drug-likeness (QED) is 0.657. The van der Waals surface area contributed by atoms with Crippen LogP contribution in [0.15, 0.2) is 18.2 Å². The van der Waals surface area contributed by atoms with Crippen molar-refractivity contribution in [3.05, 3.63) is 29.3 Å². The van der Waals surface area contributed by atoms with E-state index in [1.807, 2.05) is 0 Å². The van der Waals surface area contributed by atoms with Gasteiger partial charge < -0.3 is 5.11 Å². The Morgan fingerprint density at radius 3 is 2.85 bits per heavy atom. The van der Waals surface area contributed by atoms with E-state index in [2.05, 4.69) is 0 Å². The number of benzene rings is 1. The van der Waals surface area contributed by atoms with E-state index in [9.17, 15) is 8.78 Å². The third-order valence-electron chi connectivity index (χ3n) is 2.42. The van der Waals surface area contributed by atoms with Gasteiger partial charge in [-0.1, -0.05) is 6.07 Å². The van der Waals surface area contributed by atoms with Crippen LogP contribution >= 0.6 is 0 Å². The molecular weight excluding hydrogens is 174 g/mol. The summed E-state index contributed by atoms with van der Waals surface area (Å²) in [5, 5.41) is 9.09. The summed E-state index contributed by atoms with van der Waals surface area (Å²) in [6, 6.07) is 4.21. The van der Waals surface area contributed by atoms with E-state index in [1.54, 1.807) is 6.07 Å². The molecule has 0 bridgehead atoms. The Hall–Kier alpha value is -1.12. The fourth-order valence-electron chi connectivity index (χ4n) is 1.76. The molecule has 0 unspecified atom stereocenters. The average Bonchev–Trinajstić information content (AvgIpc) is 2.06. The van der Waals surface area contributed by atoms with Gasteiger partial charge in [-0.05, 0) is 30.5 Å². The van der Waals surface area contributed by atoms with Gasteiger partial charge in [0.15, 0.2) is 0 Å². The van der Waals surface area contributed by atoms with E-state index in [1.165, 1.54) is 12.1 Å². The highest BCUT2D eigenvalue weighted by atomic mass is 19.3. The second kappa shape index (κ2) is 2.69. The Bertz CT molecular complexity index is 334. The molecule has 0 atom stereocenters. The summed E-state index contributed by atoms with van der Waals surface area (Å²) in [6.07, 6.45) is 1.10. The molecule has 3 heteroatoms. The Morgan fingerprint density at radius 1 is 1.31 bits per heavy atom. The van der Waals surface area contributed by atoms with Crippen LogP contribution < -0.4 is 0 Å². The van der Waals surface area contributed by atoms with Gasteiger partial charge in [-0.15, -0.1) is 0 Å². The molecule has 0 spiro atoms. The Kier molecular flexibility index (Phi) is 1.75. The predicted molar refractivity (Wildman–Crippen MR) is 44.9 cm³/mol. The lowest BCUT2D eigenvalue weighted by Crippen LogP contribution is -2.20. The van der Waals surface area contributed by atoms with Gasteiger partial charge >= 0.3 is 0 Å². The first kappa shape index (κ1) is 8.48. The minimum atomic E-state index is -2.76. The summed E-state index contributed by atoms with van der Waals surface area (Å²) in [4.78, 5) is 0. The topological polar surface area (TPSA) is 20.2 Å². The number of phenolic OH excluding ortho intramolecular Hbond substituents is 1. The van der Waals surface area contributed by atoms with Crippen molar-refractivity contribution in [3.8, 4) is 5.75 Å².